The van der Waals surface area contributed by atoms with Crippen molar-refractivity contribution in [3.63, 3.8) is 0 Å². The Labute approximate surface area is 158 Å². The molecule has 3 nitrogen and oxygen atoms in total. The first kappa shape index (κ1) is 23.4. The number of carboxylic acid groups (broad SMARTS) is 1. The lowest BCUT2D eigenvalue weighted by molar-refractivity contribution is -0.136. The number of aliphatic hydroxyl groups excluding tert-OH is 1. The minimum atomic E-state index is -0.841. The average molecular weight is 352 g/mol. The molecule has 0 spiro atoms. The number of hydrogen-bond donors (Lipinski definition) is 2. The first-order valence-corrected chi connectivity index (χ1v) is 9.18. The second-order valence-electron chi connectivity index (χ2n) is 5.70. The largest absolute Gasteiger partial charge is 0.481 e. The lowest BCUT2D eigenvalue weighted by Crippen LogP contribution is -2.01. The molecule has 0 rings (SSSR count). The highest BCUT2D eigenvalue weighted by Crippen LogP contribution is 2.07. The number of hydrogen-bond acceptors (Lipinski definition) is 2. The Kier molecular flexibility index (Phi) is 16.9. The molecular weight excluding hydrogens is 324 g/mol. The molecule has 138 valence electrons. The Morgan fingerprint density at radius 1 is 1.00 bits per heavy atom. The Bertz CT molecular complexity index is 657. The van der Waals surface area contributed by atoms with Gasteiger partial charge in [-0.1, -0.05) is 49.5 Å². The molecule has 1 unspecified atom stereocenters. The fourth-order valence-electron chi connectivity index (χ4n) is 1.87. The minimum absolute atomic E-state index is 0.0567. The van der Waals surface area contributed by atoms with E-state index in [4.69, 9.17) is 5.11 Å². The molecule has 0 aliphatic carbocycles. The molecule has 2 N–H and O–H groups in total. The second kappa shape index (κ2) is 18.7. The smallest absolute Gasteiger partial charge is 0.304 e. The van der Waals surface area contributed by atoms with Crippen LogP contribution in [-0.4, -0.2) is 22.3 Å². The highest BCUT2D eigenvalue weighted by molar-refractivity contribution is 5.67. The summed E-state index contributed by atoms with van der Waals surface area (Å²) < 4.78 is 0. The van der Waals surface area contributed by atoms with Crippen molar-refractivity contribution < 1.29 is 15.0 Å². The molecule has 0 aromatic rings. The minimum Gasteiger partial charge on any atom is -0.481 e. The van der Waals surface area contributed by atoms with Crippen LogP contribution < -0.4 is 0 Å². The van der Waals surface area contributed by atoms with E-state index in [0.717, 1.165) is 44.9 Å². The summed E-state index contributed by atoms with van der Waals surface area (Å²) in [7, 11) is 0. The van der Waals surface area contributed by atoms with Crippen LogP contribution in [0, 0.1) is 47.4 Å². The topological polar surface area (TPSA) is 57.5 Å². The van der Waals surface area contributed by atoms with E-state index in [9.17, 15) is 9.90 Å². The highest BCUT2D eigenvalue weighted by Gasteiger charge is 1.98. The summed E-state index contributed by atoms with van der Waals surface area (Å²) in [5, 5.41) is 18.1. The maximum atomic E-state index is 10.3. The van der Waals surface area contributed by atoms with Crippen LogP contribution in [0.5, 0.6) is 0 Å². The Morgan fingerprint density at radius 2 is 1.73 bits per heavy atom. The van der Waals surface area contributed by atoms with Gasteiger partial charge in [-0.3, -0.25) is 4.79 Å². The van der Waals surface area contributed by atoms with Crippen LogP contribution in [0.15, 0.2) is 12.2 Å². The van der Waals surface area contributed by atoms with Crippen LogP contribution in [-0.2, 0) is 4.79 Å². The molecule has 0 amide bonds. The number of carboxylic acids is 1. The SMILES string of the molecule is CCCC#CC#CC(O)CCCCCC/C=C/C#CC#CCCC(=O)O. The predicted octanol–water partition coefficient (Wildman–Crippen LogP) is 3.92. The van der Waals surface area contributed by atoms with Gasteiger partial charge in [0.05, 0.1) is 6.42 Å². The number of aliphatic carboxylic acids is 1. The van der Waals surface area contributed by atoms with Gasteiger partial charge < -0.3 is 10.2 Å². The van der Waals surface area contributed by atoms with Crippen molar-refractivity contribution >= 4 is 5.97 Å². The van der Waals surface area contributed by atoms with E-state index in [1.165, 1.54) is 0 Å². The van der Waals surface area contributed by atoms with Gasteiger partial charge in [0.1, 0.15) is 6.10 Å². The van der Waals surface area contributed by atoms with Crippen molar-refractivity contribution in [3.8, 4) is 47.4 Å². The molecule has 26 heavy (non-hydrogen) atoms. The van der Waals surface area contributed by atoms with Crippen molar-refractivity contribution in [2.24, 2.45) is 0 Å². The van der Waals surface area contributed by atoms with Crippen molar-refractivity contribution in [2.45, 2.75) is 77.2 Å². The molecule has 0 aromatic carbocycles. The van der Waals surface area contributed by atoms with Gasteiger partial charge in [0, 0.05) is 12.8 Å². The van der Waals surface area contributed by atoms with Crippen LogP contribution >= 0.6 is 0 Å². The van der Waals surface area contributed by atoms with Crippen LogP contribution in [0.3, 0.4) is 0 Å². The van der Waals surface area contributed by atoms with Crippen molar-refractivity contribution in [3.05, 3.63) is 12.2 Å². The van der Waals surface area contributed by atoms with E-state index in [-0.39, 0.29) is 6.42 Å². The summed E-state index contributed by atoms with van der Waals surface area (Å²) in [6.07, 6.45) is 11.4. The normalized spacial score (nSPS) is 10.2. The van der Waals surface area contributed by atoms with E-state index in [2.05, 4.69) is 54.3 Å². The number of unbranched alkanes of at least 4 members (excludes halogenated alkanes) is 5. The van der Waals surface area contributed by atoms with Gasteiger partial charge in [0.2, 0.25) is 0 Å². The Morgan fingerprint density at radius 3 is 2.50 bits per heavy atom. The van der Waals surface area contributed by atoms with E-state index in [0.29, 0.717) is 12.8 Å². The summed E-state index contributed by atoms with van der Waals surface area (Å²) >= 11 is 0. The summed E-state index contributed by atoms with van der Waals surface area (Å²) in [6, 6.07) is 0. The van der Waals surface area contributed by atoms with Crippen LogP contribution in [0.25, 0.3) is 0 Å². The monoisotopic (exact) mass is 352 g/mol. The van der Waals surface area contributed by atoms with Gasteiger partial charge in [-0.05, 0) is 61.9 Å². The van der Waals surface area contributed by atoms with Gasteiger partial charge in [-0.15, -0.1) is 0 Å². The number of carbonyl (C=O) groups is 1. The predicted molar refractivity (Wildman–Crippen MR) is 106 cm³/mol. The summed E-state index contributed by atoms with van der Waals surface area (Å²) in [5.41, 5.74) is 0. The quantitative estimate of drug-likeness (QED) is 0.463. The Hall–Kier alpha value is -2.59. The molecule has 0 saturated carbocycles. The first-order chi connectivity index (χ1) is 12.7. The van der Waals surface area contributed by atoms with Crippen molar-refractivity contribution in [1.82, 2.24) is 0 Å². The number of rotatable bonds is 10. The van der Waals surface area contributed by atoms with E-state index in [1.807, 2.05) is 6.08 Å². The lowest BCUT2D eigenvalue weighted by Gasteiger charge is -2.02. The van der Waals surface area contributed by atoms with E-state index in [1.54, 1.807) is 6.08 Å². The molecule has 0 aliphatic rings. The molecule has 1 atom stereocenters. The molecule has 0 saturated heterocycles. The van der Waals surface area contributed by atoms with Crippen LogP contribution in [0.1, 0.15) is 71.1 Å². The average Bonchev–Trinajstić information content (AvgIpc) is 2.61. The zero-order chi connectivity index (χ0) is 19.3. The molecule has 0 aromatic heterocycles. The molecule has 0 heterocycles. The standard InChI is InChI=1S/C23H28O3/c1-2-3-4-13-16-19-22(24)20-17-14-11-9-7-5-6-8-10-12-15-18-21-23(25)26/h5-6,22,24H,2-3,7,9,11,14,17-18,20-21H2,1H3,(H,25,26)/b6-5+. The number of aliphatic hydroxyl groups is 1. The van der Waals surface area contributed by atoms with E-state index >= 15 is 0 Å². The molecule has 0 bridgehead atoms. The second-order valence-corrected chi connectivity index (χ2v) is 5.70. The maximum Gasteiger partial charge on any atom is 0.304 e. The van der Waals surface area contributed by atoms with Gasteiger partial charge in [-0.25, -0.2) is 0 Å². The van der Waals surface area contributed by atoms with Crippen LogP contribution in [0.2, 0.25) is 0 Å². The molecular formula is C23H28O3. The van der Waals surface area contributed by atoms with E-state index < -0.39 is 12.1 Å². The molecule has 0 radical (unpaired) electrons. The lowest BCUT2D eigenvalue weighted by atomic mass is 10.1. The third-order valence-electron chi connectivity index (χ3n) is 3.25. The third-order valence-corrected chi connectivity index (χ3v) is 3.25. The number of allylic oxidation sites excluding steroid dienone is 2. The van der Waals surface area contributed by atoms with Crippen molar-refractivity contribution in [1.29, 1.82) is 0 Å². The van der Waals surface area contributed by atoms with Gasteiger partial charge in [0.25, 0.3) is 0 Å². The zero-order valence-corrected chi connectivity index (χ0v) is 15.6. The summed E-state index contributed by atoms with van der Waals surface area (Å²) in [4.78, 5) is 10.3. The first-order valence-electron chi connectivity index (χ1n) is 9.18. The highest BCUT2D eigenvalue weighted by atomic mass is 16.4. The van der Waals surface area contributed by atoms with Gasteiger partial charge >= 0.3 is 5.97 Å². The zero-order valence-electron chi connectivity index (χ0n) is 15.6. The summed E-state index contributed by atoms with van der Waals surface area (Å²) in [6.45, 7) is 2.07. The van der Waals surface area contributed by atoms with Crippen molar-refractivity contribution in [2.75, 3.05) is 0 Å². The maximum absolute atomic E-state index is 10.3. The van der Waals surface area contributed by atoms with Crippen LogP contribution in [0.4, 0.5) is 0 Å². The fraction of sp³-hybridized carbons (Fsp3) is 0.522. The molecule has 3 heteroatoms. The fourth-order valence-corrected chi connectivity index (χ4v) is 1.87. The van der Waals surface area contributed by atoms with Gasteiger partial charge in [0.15, 0.2) is 0 Å². The molecule has 0 fully saturated rings. The third kappa shape index (κ3) is 19.5. The Balaban J connectivity index is 3.62. The summed E-state index contributed by atoms with van der Waals surface area (Å²) in [5.74, 6) is 21.1. The van der Waals surface area contributed by atoms with Gasteiger partial charge in [-0.2, -0.15) is 0 Å². The molecule has 0 aliphatic heterocycles.